The van der Waals surface area contributed by atoms with Crippen molar-refractivity contribution in [3.8, 4) is 0 Å². The van der Waals surface area contributed by atoms with E-state index in [0.29, 0.717) is 6.42 Å². The molecule has 2 aromatic rings. The second kappa shape index (κ2) is 5.49. The molecule has 0 aliphatic rings. The predicted octanol–water partition coefficient (Wildman–Crippen LogP) is 2.26. The third kappa shape index (κ3) is 3.20. The van der Waals surface area contributed by atoms with Crippen LogP contribution in [0.3, 0.4) is 0 Å². The molecule has 1 heterocycles. The second-order valence-corrected chi connectivity index (χ2v) is 4.35. The van der Waals surface area contributed by atoms with E-state index in [4.69, 9.17) is 5.11 Å². The van der Waals surface area contributed by atoms with Gasteiger partial charge < -0.3 is 9.67 Å². The first-order chi connectivity index (χ1) is 8.65. The van der Waals surface area contributed by atoms with Crippen molar-refractivity contribution in [3.05, 3.63) is 53.6 Å². The van der Waals surface area contributed by atoms with Crippen molar-refractivity contribution in [2.75, 3.05) is 0 Å². The maximum atomic E-state index is 10.6. The average molecular weight is 244 g/mol. The van der Waals surface area contributed by atoms with Crippen molar-refractivity contribution < 1.29 is 9.90 Å². The quantitative estimate of drug-likeness (QED) is 0.877. The number of aliphatic carboxylic acids is 1. The fourth-order valence-electron chi connectivity index (χ4n) is 1.82. The lowest BCUT2D eigenvalue weighted by Gasteiger charge is -2.07. The van der Waals surface area contributed by atoms with Crippen molar-refractivity contribution in [2.24, 2.45) is 0 Å². The van der Waals surface area contributed by atoms with Gasteiger partial charge in [0, 0.05) is 25.4 Å². The Morgan fingerprint density at radius 2 is 2.06 bits per heavy atom. The Labute approximate surface area is 106 Å². The van der Waals surface area contributed by atoms with E-state index in [0.717, 1.165) is 12.4 Å². The van der Waals surface area contributed by atoms with E-state index in [1.165, 1.54) is 11.1 Å². The van der Waals surface area contributed by atoms with Gasteiger partial charge in [-0.05, 0) is 12.5 Å². The summed E-state index contributed by atoms with van der Waals surface area (Å²) in [6, 6.07) is 8.30. The largest absolute Gasteiger partial charge is 0.481 e. The fourth-order valence-corrected chi connectivity index (χ4v) is 1.82. The summed E-state index contributed by atoms with van der Waals surface area (Å²) < 4.78 is 1.99. The number of aromatic nitrogens is 2. The highest BCUT2D eigenvalue weighted by atomic mass is 16.4. The standard InChI is InChI=1S/C14H16N2O2/c1-11-2-4-12(5-3-11)10-16-9-8-15-13(16)6-7-14(17)18/h2-5,8-9H,6-7,10H2,1H3,(H,17,18). The first-order valence-electron chi connectivity index (χ1n) is 5.92. The fraction of sp³-hybridized carbons (Fsp3) is 0.286. The molecular formula is C14H16N2O2. The van der Waals surface area contributed by atoms with Crippen molar-refractivity contribution >= 4 is 5.97 Å². The number of nitrogens with zero attached hydrogens (tertiary/aromatic N) is 2. The molecule has 0 radical (unpaired) electrons. The molecule has 0 saturated heterocycles. The number of carboxylic acids is 1. The molecule has 0 spiro atoms. The molecule has 1 aromatic heterocycles. The molecule has 0 fully saturated rings. The van der Waals surface area contributed by atoms with Gasteiger partial charge in [0.1, 0.15) is 5.82 Å². The zero-order valence-corrected chi connectivity index (χ0v) is 10.3. The van der Waals surface area contributed by atoms with Gasteiger partial charge >= 0.3 is 5.97 Å². The SMILES string of the molecule is Cc1ccc(Cn2ccnc2CCC(=O)O)cc1. The second-order valence-electron chi connectivity index (χ2n) is 4.35. The molecule has 0 saturated carbocycles. The Balaban J connectivity index is 2.07. The maximum Gasteiger partial charge on any atom is 0.303 e. The summed E-state index contributed by atoms with van der Waals surface area (Å²) >= 11 is 0. The van der Waals surface area contributed by atoms with E-state index < -0.39 is 5.97 Å². The van der Waals surface area contributed by atoms with Crippen molar-refractivity contribution in [3.63, 3.8) is 0 Å². The van der Waals surface area contributed by atoms with Crippen LogP contribution in [-0.2, 0) is 17.8 Å². The molecular weight excluding hydrogens is 228 g/mol. The van der Waals surface area contributed by atoms with Crippen molar-refractivity contribution in [1.82, 2.24) is 9.55 Å². The molecule has 0 atom stereocenters. The molecule has 0 aliphatic heterocycles. The minimum absolute atomic E-state index is 0.116. The van der Waals surface area contributed by atoms with Gasteiger partial charge in [0.05, 0.1) is 6.42 Å². The number of carboxylic acid groups (broad SMARTS) is 1. The highest BCUT2D eigenvalue weighted by molar-refractivity contribution is 5.66. The number of hydrogen-bond donors (Lipinski definition) is 1. The molecule has 0 amide bonds. The first kappa shape index (κ1) is 12.4. The summed E-state index contributed by atoms with van der Waals surface area (Å²) in [4.78, 5) is 14.8. The normalized spacial score (nSPS) is 10.5. The lowest BCUT2D eigenvalue weighted by Crippen LogP contribution is -2.07. The van der Waals surface area contributed by atoms with Gasteiger partial charge in [-0.1, -0.05) is 29.8 Å². The molecule has 1 N–H and O–H groups in total. The zero-order valence-electron chi connectivity index (χ0n) is 10.3. The van der Waals surface area contributed by atoms with E-state index in [1.54, 1.807) is 6.20 Å². The Morgan fingerprint density at radius 1 is 1.33 bits per heavy atom. The number of imidazole rings is 1. The van der Waals surface area contributed by atoms with E-state index in [9.17, 15) is 4.79 Å². The van der Waals surface area contributed by atoms with Crippen LogP contribution in [0.2, 0.25) is 0 Å². The van der Waals surface area contributed by atoms with Crippen LogP contribution in [0.5, 0.6) is 0 Å². The van der Waals surface area contributed by atoms with Crippen LogP contribution in [0.4, 0.5) is 0 Å². The van der Waals surface area contributed by atoms with Crippen LogP contribution in [0.25, 0.3) is 0 Å². The van der Waals surface area contributed by atoms with E-state index in [2.05, 4.69) is 36.2 Å². The first-order valence-corrected chi connectivity index (χ1v) is 5.92. The summed E-state index contributed by atoms with van der Waals surface area (Å²) in [6.45, 7) is 2.79. The van der Waals surface area contributed by atoms with Crippen LogP contribution < -0.4 is 0 Å². The Kier molecular flexibility index (Phi) is 3.77. The molecule has 4 heteroatoms. The molecule has 0 bridgehead atoms. The highest BCUT2D eigenvalue weighted by Crippen LogP contribution is 2.08. The number of rotatable bonds is 5. The van der Waals surface area contributed by atoms with Gasteiger partial charge in [-0.2, -0.15) is 0 Å². The van der Waals surface area contributed by atoms with E-state index in [1.807, 2.05) is 10.8 Å². The lowest BCUT2D eigenvalue weighted by molar-refractivity contribution is -0.137. The van der Waals surface area contributed by atoms with E-state index in [-0.39, 0.29) is 6.42 Å². The Hall–Kier alpha value is -2.10. The average Bonchev–Trinajstić information content (AvgIpc) is 2.77. The van der Waals surface area contributed by atoms with Gasteiger partial charge in [-0.25, -0.2) is 4.98 Å². The molecule has 4 nitrogen and oxygen atoms in total. The topological polar surface area (TPSA) is 55.1 Å². The molecule has 2 rings (SSSR count). The van der Waals surface area contributed by atoms with Gasteiger partial charge in [-0.3, -0.25) is 4.79 Å². The van der Waals surface area contributed by atoms with Gasteiger partial charge in [0.25, 0.3) is 0 Å². The number of aryl methyl sites for hydroxylation is 2. The summed E-state index contributed by atoms with van der Waals surface area (Å²) in [5, 5.41) is 8.69. The molecule has 0 unspecified atom stereocenters. The van der Waals surface area contributed by atoms with E-state index >= 15 is 0 Å². The summed E-state index contributed by atoms with van der Waals surface area (Å²) in [5.41, 5.74) is 2.42. The summed E-state index contributed by atoms with van der Waals surface area (Å²) in [7, 11) is 0. The lowest BCUT2D eigenvalue weighted by atomic mass is 10.1. The minimum Gasteiger partial charge on any atom is -0.481 e. The number of benzene rings is 1. The molecule has 94 valence electrons. The monoisotopic (exact) mass is 244 g/mol. The van der Waals surface area contributed by atoms with Gasteiger partial charge in [-0.15, -0.1) is 0 Å². The van der Waals surface area contributed by atoms with Crippen LogP contribution in [0, 0.1) is 6.92 Å². The minimum atomic E-state index is -0.792. The molecule has 1 aromatic carbocycles. The van der Waals surface area contributed by atoms with Gasteiger partial charge in [0.2, 0.25) is 0 Å². The Bertz CT molecular complexity index is 529. The van der Waals surface area contributed by atoms with Crippen molar-refractivity contribution in [1.29, 1.82) is 0 Å². The number of hydrogen-bond acceptors (Lipinski definition) is 2. The van der Waals surface area contributed by atoms with Crippen LogP contribution in [0.1, 0.15) is 23.4 Å². The third-order valence-corrected chi connectivity index (χ3v) is 2.84. The summed E-state index contributed by atoms with van der Waals surface area (Å²) in [5.74, 6) is 0.0258. The Morgan fingerprint density at radius 3 is 2.72 bits per heavy atom. The maximum absolute atomic E-state index is 10.6. The predicted molar refractivity (Wildman–Crippen MR) is 68.5 cm³/mol. The zero-order chi connectivity index (χ0) is 13.0. The number of carbonyl (C=O) groups is 1. The highest BCUT2D eigenvalue weighted by Gasteiger charge is 2.06. The molecule has 18 heavy (non-hydrogen) atoms. The van der Waals surface area contributed by atoms with Crippen LogP contribution in [0.15, 0.2) is 36.7 Å². The van der Waals surface area contributed by atoms with Gasteiger partial charge in [0.15, 0.2) is 0 Å². The molecule has 0 aliphatic carbocycles. The third-order valence-electron chi connectivity index (χ3n) is 2.84. The van der Waals surface area contributed by atoms with Crippen LogP contribution in [-0.4, -0.2) is 20.6 Å². The van der Waals surface area contributed by atoms with Crippen LogP contribution >= 0.6 is 0 Å². The summed E-state index contributed by atoms with van der Waals surface area (Å²) in [6.07, 6.45) is 4.18. The smallest absolute Gasteiger partial charge is 0.303 e. The van der Waals surface area contributed by atoms with Crippen molar-refractivity contribution in [2.45, 2.75) is 26.3 Å².